The van der Waals surface area contributed by atoms with Gasteiger partial charge in [-0.15, -0.1) is 0 Å². The number of carboxylic acid groups (broad SMARTS) is 1. The number of hydrogen-bond donors (Lipinski definition) is 2. The fraction of sp³-hybridized carbons (Fsp3) is 0.440. The van der Waals surface area contributed by atoms with Crippen LogP contribution >= 0.6 is 11.6 Å². The summed E-state index contributed by atoms with van der Waals surface area (Å²) in [6, 6.07) is 7.05. The fourth-order valence-electron chi connectivity index (χ4n) is 3.81. The van der Waals surface area contributed by atoms with Gasteiger partial charge in [0.05, 0.1) is 55.7 Å². The van der Waals surface area contributed by atoms with Crippen molar-refractivity contribution in [2.45, 2.75) is 38.7 Å². The summed E-state index contributed by atoms with van der Waals surface area (Å²) in [5, 5.41) is 13.5. The summed E-state index contributed by atoms with van der Waals surface area (Å²) in [7, 11) is 1.29. The van der Waals surface area contributed by atoms with Crippen LogP contribution in [0.25, 0.3) is 0 Å². The maximum absolute atomic E-state index is 12.9. The first-order valence-corrected chi connectivity index (χ1v) is 11.9. The Morgan fingerprint density at radius 3 is 2.43 bits per heavy atom. The van der Waals surface area contributed by atoms with Gasteiger partial charge in [-0.3, -0.25) is 4.79 Å². The molecule has 11 nitrogen and oxygen atoms in total. The third-order valence-electron chi connectivity index (χ3n) is 5.42. The van der Waals surface area contributed by atoms with Gasteiger partial charge in [0.1, 0.15) is 6.10 Å². The molecule has 2 heterocycles. The van der Waals surface area contributed by atoms with Crippen LogP contribution in [0.4, 0.5) is 0 Å². The molecule has 1 saturated heterocycles. The highest BCUT2D eigenvalue weighted by atomic mass is 35.5. The van der Waals surface area contributed by atoms with E-state index in [2.05, 4.69) is 10.1 Å². The van der Waals surface area contributed by atoms with E-state index in [-0.39, 0.29) is 31.6 Å². The summed E-state index contributed by atoms with van der Waals surface area (Å²) in [5.74, 6) is -3.62. The van der Waals surface area contributed by atoms with Crippen LogP contribution in [0, 0.1) is 0 Å². The second kappa shape index (κ2) is 14.4. The average molecular weight is 538 g/mol. The highest BCUT2D eigenvalue weighted by molar-refractivity contribution is 6.31. The Morgan fingerprint density at radius 1 is 1.22 bits per heavy atom. The van der Waals surface area contributed by atoms with Gasteiger partial charge in [0, 0.05) is 30.1 Å². The maximum Gasteiger partial charge on any atom is 0.336 e. The lowest BCUT2D eigenvalue weighted by molar-refractivity contribution is -0.314. The first-order chi connectivity index (χ1) is 17.7. The molecule has 0 saturated carbocycles. The average Bonchev–Trinajstić information content (AvgIpc) is 3.31. The Labute approximate surface area is 219 Å². The third kappa shape index (κ3) is 7.78. The van der Waals surface area contributed by atoms with Gasteiger partial charge in [-0.05, 0) is 25.5 Å². The molecule has 0 amide bonds. The lowest BCUT2D eigenvalue weighted by Crippen LogP contribution is -2.35. The zero-order valence-electron chi connectivity index (χ0n) is 20.8. The second-order valence-electron chi connectivity index (χ2n) is 7.90. The van der Waals surface area contributed by atoms with Gasteiger partial charge in [-0.2, -0.15) is 0 Å². The molecular formula is C25H30ClN2O9-. The number of carboxylic acids is 1. The van der Waals surface area contributed by atoms with E-state index in [1.54, 1.807) is 38.1 Å². The Hall–Kier alpha value is -3.41. The van der Waals surface area contributed by atoms with Crippen molar-refractivity contribution in [2.24, 2.45) is 5.73 Å². The number of hydrogen-bond acceptors (Lipinski definition) is 11. The van der Waals surface area contributed by atoms with E-state index in [1.807, 2.05) is 0 Å². The summed E-state index contributed by atoms with van der Waals surface area (Å²) < 4.78 is 20.1. The molecule has 0 aromatic heterocycles. The van der Waals surface area contributed by atoms with Crippen LogP contribution in [0.2, 0.25) is 5.02 Å². The van der Waals surface area contributed by atoms with Crippen molar-refractivity contribution in [2.75, 3.05) is 33.5 Å². The van der Waals surface area contributed by atoms with Crippen LogP contribution in [-0.2, 0) is 38.1 Å². The van der Waals surface area contributed by atoms with E-state index in [9.17, 15) is 24.3 Å². The van der Waals surface area contributed by atoms with Crippen molar-refractivity contribution >= 4 is 35.5 Å². The molecule has 12 heteroatoms. The van der Waals surface area contributed by atoms with Crippen LogP contribution in [0.3, 0.4) is 0 Å². The molecular weight excluding hydrogens is 508 g/mol. The van der Waals surface area contributed by atoms with Gasteiger partial charge in [0.2, 0.25) is 0 Å². The summed E-state index contributed by atoms with van der Waals surface area (Å²) in [5.41, 5.74) is 7.70. The molecule has 0 aliphatic carbocycles. The van der Waals surface area contributed by atoms with Crippen molar-refractivity contribution < 1.29 is 43.2 Å². The molecule has 1 aromatic carbocycles. The zero-order valence-corrected chi connectivity index (χ0v) is 21.6. The van der Waals surface area contributed by atoms with Crippen LogP contribution < -0.4 is 16.2 Å². The molecule has 2 aliphatic rings. The molecule has 37 heavy (non-hydrogen) atoms. The number of allylic oxidation sites excluding steroid dienone is 1. The minimum Gasteiger partial charge on any atom is -0.546 e. The number of esters is 3. The normalized spacial score (nSPS) is 18.9. The van der Waals surface area contributed by atoms with E-state index >= 15 is 0 Å². The summed E-state index contributed by atoms with van der Waals surface area (Å²) in [6.45, 7) is 4.42. The Balaban J connectivity index is 0.000000449. The number of aliphatic carboxylic acids is 1. The van der Waals surface area contributed by atoms with E-state index in [0.717, 1.165) is 0 Å². The minimum atomic E-state index is -1.30. The van der Waals surface area contributed by atoms with Crippen molar-refractivity contribution in [3.05, 3.63) is 57.4 Å². The molecule has 3 rings (SSSR count). The minimum absolute atomic E-state index is 0.109. The number of methoxy groups -OCH3 is 1. The van der Waals surface area contributed by atoms with Crippen molar-refractivity contribution in [3.8, 4) is 0 Å². The monoisotopic (exact) mass is 537 g/mol. The number of dihydropyridines is 1. The van der Waals surface area contributed by atoms with Crippen molar-refractivity contribution in [3.63, 3.8) is 0 Å². The quantitative estimate of drug-likeness (QED) is 0.258. The third-order valence-corrected chi connectivity index (χ3v) is 5.76. The Bertz CT molecular complexity index is 1080. The predicted octanol–water partition coefficient (Wildman–Crippen LogP) is 0.708. The van der Waals surface area contributed by atoms with Crippen LogP contribution in [0.15, 0.2) is 46.8 Å². The van der Waals surface area contributed by atoms with Crippen LogP contribution in [-0.4, -0.2) is 63.5 Å². The SMILES string of the molecule is CCOC(=O)C1=C(COCCN)NC(C)=C(C(=O)OC)C1c1ccccc1Cl.O=C1CC[C@@H](C(=O)[O-])O1. The predicted molar refractivity (Wildman–Crippen MR) is 130 cm³/mol. The summed E-state index contributed by atoms with van der Waals surface area (Å²) >= 11 is 6.42. The molecule has 1 fully saturated rings. The molecule has 0 radical (unpaired) electrons. The molecule has 2 atom stereocenters. The fourth-order valence-corrected chi connectivity index (χ4v) is 4.05. The van der Waals surface area contributed by atoms with Gasteiger partial charge in [-0.1, -0.05) is 29.8 Å². The first-order valence-electron chi connectivity index (χ1n) is 11.5. The molecule has 0 bridgehead atoms. The number of benzene rings is 1. The number of nitrogens with two attached hydrogens (primary N) is 1. The van der Waals surface area contributed by atoms with Gasteiger partial charge in [0.15, 0.2) is 0 Å². The van der Waals surface area contributed by atoms with Gasteiger partial charge in [0.25, 0.3) is 0 Å². The molecule has 3 N–H and O–H groups in total. The molecule has 2 aliphatic heterocycles. The molecule has 202 valence electrons. The van der Waals surface area contributed by atoms with E-state index in [0.29, 0.717) is 40.7 Å². The van der Waals surface area contributed by atoms with Gasteiger partial charge in [-0.25, -0.2) is 9.59 Å². The number of cyclic esters (lactones) is 1. The van der Waals surface area contributed by atoms with Crippen molar-refractivity contribution in [1.82, 2.24) is 5.32 Å². The van der Waals surface area contributed by atoms with E-state index < -0.39 is 35.9 Å². The lowest BCUT2D eigenvalue weighted by atomic mass is 9.80. The maximum atomic E-state index is 12.9. The summed E-state index contributed by atoms with van der Waals surface area (Å²) in [6.07, 6.45) is -0.558. The van der Waals surface area contributed by atoms with Crippen LogP contribution in [0.1, 0.15) is 38.2 Å². The Morgan fingerprint density at radius 2 is 1.92 bits per heavy atom. The Kier molecular flexibility index (Phi) is 11.6. The molecule has 1 unspecified atom stereocenters. The smallest absolute Gasteiger partial charge is 0.336 e. The highest BCUT2D eigenvalue weighted by Gasteiger charge is 2.39. The lowest BCUT2D eigenvalue weighted by Gasteiger charge is -2.31. The zero-order chi connectivity index (χ0) is 27.5. The first kappa shape index (κ1) is 29.8. The topological polar surface area (TPSA) is 166 Å². The number of halogens is 1. The second-order valence-corrected chi connectivity index (χ2v) is 8.31. The van der Waals surface area contributed by atoms with Gasteiger partial charge >= 0.3 is 17.9 Å². The number of carbonyl (C=O) groups excluding carboxylic acids is 4. The summed E-state index contributed by atoms with van der Waals surface area (Å²) in [4.78, 5) is 45.7. The highest BCUT2D eigenvalue weighted by Crippen LogP contribution is 2.41. The van der Waals surface area contributed by atoms with Crippen LogP contribution in [0.5, 0.6) is 0 Å². The molecule has 1 aromatic rings. The standard InChI is InChI=1S/C20H25ClN2O5.C5H6O4/c1-4-28-20(25)18-15(11-27-10-9-22)23-12(2)16(19(24)26-3)17(18)13-7-5-6-8-14(13)21;6-4-2-1-3(9-4)5(7)8/h5-8,17,23H,4,9-11,22H2,1-3H3;3H,1-2H2,(H,7,8)/p-1/t;3-/m.0/s1. The number of rotatable bonds is 9. The van der Waals surface area contributed by atoms with E-state index in [1.165, 1.54) is 7.11 Å². The number of carbonyl (C=O) groups is 4. The van der Waals surface area contributed by atoms with Gasteiger partial charge < -0.3 is 39.9 Å². The number of nitrogens with one attached hydrogen (secondary N) is 1. The molecule has 0 spiro atoms. The number of ether oxygens (including phenoxy) is 4. The largest absolute Gasteiger partial charge is 0.546 e. The van der Waals surface area contributed by atoms with Crippen molar-refractivity contribution in [1.29, 1.82) is 0 Å². The van der Waals surface area contributed by atoms with E-state index in [4.69, 9.17) is 31.5 Å².